The number of rotatable bonds is 7. The van der Waals surface area contributed by atoms with Crippen LogP contribution in [0, 0.1) is 12.7 Å². The van der Waals surface area contributed by atoms with Gasteiger partial charge in [0.05, 0.1) is 26.9 Å². The van der Waals surface area contributed by atoms with E-state index in [1.807, 2.05) is 0 Å². The van der Waals surface area contributed by atoms with Gasteiger partial charge in [-0.25, -0.2) is 9.18 Å². The van der Waals surface area contributed by atoms with Crippen molar-refractivity contribution in [3.8, 4) is 28.7 Å². The van der Waals surface area contributed by atoms with Crippen molar-refractivity contribution in [2.24, 2.45) is 0 Å². The zero-order valence-electron chi connectivity index (χ0n) is 16.3. The maximum absolute atomic E-state index is 13.6. The molecule has 0 aliphatic carbocycles. The van der Waals surface area contributed by atoms with Gasteiger partial charge >= 0.3 is 5.97 Å². The molecule has 1 heterocycles. The van der Waals surface area contributed by atoms with Gasteiger partial charge in [0.15, 0.2) is 18.1 Å². The Bertz CT molecular complexity index is 1010. The zero-order valence-corrected chi connectivity index (χ0v) is 16.3. The number of hydrogen-bond acceptors (Lipinski definition) is 8. The summed E-state index contributed by atoms with van der Waals surface area (Å²) in [4.78, 5) is 12.1. The minimum atomic E-state index is -0.698. The van der Waals surface area contributed by atoms with Gasteiger partial charge in [-0.1, -0.05) is 6.07 Å². The lowest BCUT2D eigenvalue weighted by Crippen LogP contribution is -2.06. The predicted molar refractivity (Wildman–Crippen MR) is 99.6 cm³/mol. The van der Waals surface area contributed by atoms with Crippen LogP contribution in [0.15, 0.2) is 34.7 Å². The maximum Gasteiger partial charge on any atom is 0.338 e. The number of halogens is 1. The Labute approximate surface area is 166 Å². The number of carbonyl (C=O) groups is 1. The number of ether oxygens (including phenoxy) is 4. The molecule has 0 aliphatic heterocycles. The Morgan fingerprint density at radius 2 is 1.72 bits per heavy atom. The Morgan fingerprint density at radius 3 is 2.31 bits per heavy atom. The van der Waals surface area contributed by atoms with E-state index in [4.69, 9.17) is 23.4 Å². The molecule has 0 bridgehead atoms. The zero-order chi connectivity index (χ0) is 21.0. The molecule has 0 saturated carbocycles. The van der Waals surface area contributed by atoms with Gasteiger partial charge in [-0.3, -0.25) is 0 Å². The number of esters is 1. The largest absolute Gasteiger partial charge is 0.493 e. The Balaban J connectivity index is 1.75. The monoisotopic (exact) mass is 402 g/mol. The first kappa shape index (κ1) is 20.1. The first-order valence-corrected chi connectivity index (χ1v) is 8.52. The van der Waals surface area contributed by atoms with Crippen LogP contribution < -0.4 is 14.2 Å². The molecule has 0 unspecified atom stereocenters. The van der Waals surface area contributed by atoms with E-state index in [1.54, 1.807) is 19.1 Å². The van der Waals surface area contributed by atoms with Crippen LogP contribution >= 0.6 is 0 Å². The lowest BCUT2D eigenvalue weighted by molar-refractivity contribution is 0.0438. The number of hydrogen-bond donors (Lipinski definition) is 0. The molecule has 0 N–H and O–H groups in total. The average molecular weight is 402 g/mol. The van der Waals surface area contributed by atoms with Crippen LogP contribution in [0.25, 0.3) is 11.5 Å². The van der Waals surface area contributed by atoms with Gasteiger partial charge in [-0.2, -0.15) is 0 Å². The van der Waals surface area contributed by atoms with E-state index in [-0.39, 0.29) is 24.0 Å². The molecule has 3 aromatic rings. The van der Waals surface area contributed by atoms with Crippen LogP contribution in [-0.4, -0.2) is 37.5 Å². The highest BCUT2D eigenvalue weighted by molar-refractivity contribution is 5.89. The van der Waals surface area contributed by atoms with Crippen molar-refractivity contribution in [2.45, 2.75) is 13.5 Å². The highest BCUT2D eigenvalue weighted by Gasteiger charge is 2.18. The van der Waals surface area contributed by atoms with Gasteiger partial charge in [0, 0.05) is 5.56 Å². The van der Waals surface area contributed by atoms with Gasteiger partial charge in [-0.05, 0) is 36.8 Å². The third-order valence-corrected chi connectivity index (χ3v) is 4.11. The summed E-state index contributed by atoms with van der Waals surface area (Å²) in [7, 11) is 4.49. The smallest absolute Gasteiger partial charge is 0.338 e. The van der Waals surface area contributed by atoms with Crippen LogP contribution in [0.5, 0.6) is 17.2 Å². The molecule has 3 rings (SSSR count). The van der Waals surface area contributed by atoms with E-state index in [9.17, 15) is 9.18 Å². The summed E-state index contributed by atoms with van der Waals surface area (Å²) in [5.41, 5.74) is 1.07. The number of methoxy groups -OCH3 is 3. The topological polar surface area (TPSA) is 92.9 Å². The van der Waals surface area contributed by atoms with Crippen molar-refractivity contribution in [2.75, 3.05) is 21.3 Å². The molecule has 8 nitrogen and oxygen atoms in total. The highest BCUT2D eigenvalue weighted by atomic mass is 19.1. The van der Waals surface area contributed by atoms with E-state index in [0.717, 1.165) is 6.07 Å². The van der Waals surface area contributed by atoms with Crippen molar-refractivity contribution < 1.29 is 32.5 Å². The van der Waals surface area contributed by atoms with Crippen molar-refractivity contribution in [1.82, 2.24) is 10.2 Å². The quantitative estimate of drug-likeness (QED) is 0.554. The molecule has 2 aromatic carbocycles. The van der Waals surface area contributed by atoms with Crippen LogP contribution in [0.1, 0.15) is 21.8 Å². The van der Waals surface area contributed by atoms with Gasteiger partial charge in [0.25, 0.3) is 5.89 Å². The van der Waals surface area contributed by atoms with Crippen LogP contribution in [0.3, 0.4) is 0 Å². The summed E-state index contributed by atoms with van der Waals surface area (Å²) >= 11 is 0. The number of benzene rings is 2. The van der Waals surface area contributed by atoms with Crippen molar-refractivity contribution >= 4 is 5.97 Å². The summed E-state index contributed by atoms with van der Waals surface area (Å²) in [6.45, 7) is 1.35. The fourth-order valence-electron chi connectivity index (χ4n) is 2.56. The molecule has 152 valence electrons. The number of nitrogens with zero attached hydrogens (tertiary/aromatic N) is 2. The number of aryl methyl sites for hydroxylation is 1. The summed E-state index contributed by atoms with van der Waals surface area (Å²) in [6.07, 6.45) is 0. The second-order valence-corrected chi connectivity index (χ2v) is 5.96. The Kier molecular flexibility index (Phi) is 5.96. The molecule has 1 aromatic heterocycles. The fourth-order valence-corrected chi connectivity index (χ4v) is 2.56. The van der Waals surface area contributed by atoms with Crippen LogP contribution in [0.4, 0.5) is 4.39 Å². The highest BCUT2D eigenvalue weighted by Crippen LogP contribution is 2.40. The van der Waals surface area contributed by atoms with Crippen LogP contribution in [-0.2, 0) is 11.3 Å². The van der Waals surface area contributed by atoms with Gasteiger partial charge in [-0.15, -0.1) is 10.2 Å². The van der Waals surface area contributed by atoms with Crippen molar-refractivity contribution in [1.29, 1.82) is 0 Å². The Hall–Kier alpha value is -3.62. The minimum absolute atomic E-state index is 0.0784. The van der Waals surface area contributed by atoms with Crippen molar-refractivity contribution in [3.63, 3.8) is 0 Å². The normalized spacial score (nSPS) is 10.5. The first-order valence-electron chi connectivity index (χ1n) is 8.52. The minimum Gasteiger partial charge on any atom is -0.493 e. The molecule has 9 heteroatoms. The molecule has 0 saturated heterocycles. The van der Waals surface area contributed by atoms with Crippen LogP contribution in [0.2, 0.25) is 0 Å². The first-order chi connectivity index (χ1) is 14.0. The average Bonchev–Trinajstić information content (AvgIpc) is 3.21. The van der Waals surface area contributed by atoms with E-state index in [0.29, 0.717) is 28.4 Å². The Morgan fingerprint density at radius 1 is 1.03 bits per heavy atom. The third kappa shape index (κ3) is 4.29. The molecule has 0 aliphatic rings. The SMILES string of the molecule is COc1cc(-c2nnc(COC(=O)c3ccc(C)c(F)c3)o2)cc(OC)c1OC. The standard InChI is InChI=1S/C20H19FN2O6/c1-11-5-6-12(7-14(11)21)20(24)28-10-17-22-23-19(29-17)13-8-15(25-2)18(27-4)16(9-13)26-3/h5-9H,10H2,1-4H3. The molecule has 0 spiro atoms. The predicted octanol–water partition coefficient (Wildman–Crippen LogP) is 3.57. The molecule has 0 amide bonds. The molecule has 29 heavy (non-hydrogen) atoms. The molecular weight excluding hydrogens is 383 g/mol. The summed E-state index contributed by atoms with van der Waals surface area (Å²) < 4.78 is 40.1. The fraction of sp³-hybridized carbons (Fsp3) is 0.250. The van der Waals surface area contributed by atoms with E-state index < -0.39 is 11.8 Å². The van der Waals surface area contributed by atoms with Crippen molar-refractivity contribution in [3.05, 3.63) is 53.2 Å². The summed E-state index contributed by atoms with van der Waals surface area (Å²) in [6, 6.07) is 7.41. The van der Waals surface area contributed by atoms with Gasteiger partial charge < -0.3 is 23.4 Å². The summed E-state index contributed by atoms with van der Waals surface area (Å²) in [5.74, 6) is 0.353. The molecular formula is C20H19FN2O6. The molecule has 0 atom stereocenters. The van der Waals surface area contributed by atoms with E-state index >= 15 is 0 Å². The second kappa shape index (κ2) is 8.59. The summed E-state index contributed by atoms with van der Waals surface area (Å²) in [5, 5.41) is 7.81. The van der Waals surface area contributed by atoms with Gasteiger partial charge in [0.1, 0.15) is 5.82 Å². The van der Waals surface area contributed by atoms with Gasteiger partial charge in [0.2, 0.25) is 11.6 Å². The molecule has 0 radical (unpaired) electrons. The third-order valence-electron chi connectivity index (χ3n) is 4.11. The maximum atomic E-state index is 13.6. The lowest BCUT2D eigenvalue weighted by Gasteiger charge is -2.12. The second-order valence-electron chi connectivity index (χ2n) is 5.96. The molecule has 0 fully saturated rings. The number of aromatic nitrogens is 2. The number of carbonyl (C=O) groups excluding carboxylic acids is 1. The van der Waals surface area contributed by atoms with E-state index in [2.05, 4.69) is 10.2 Å². The van der Waals surface area contributed by atoms with E-state index in [1.165, 1.54) is 33.5 Å². The lowest BCUT2D eigenvalue weighted by atomic mass is 10.1.